The third kappa shape index (κ3) is 3.02. The molecule has 1 rings (SSSR count). The number of carbonyl (C=O) groups excluding carboxylic acids is 1. The summed E-state index contributed by atoms with van der Waals surface area (Å²) in [5, 5.41) is 2.65. The first-order chi connectivity index (χ1) is 6.91. The molecule has 0 radical (unpaired) electrons. The van der Waals surface area contributed by atoms with Crippen LogP contribution in [-0.4, -0.2) is 11.9 Å². The number of nitrogens with one attached hydrogen (secondary N) is 1. The van der Waals surface area contributed by atoms with Gasteiger partial charge in [-0.1, -0.05) is 15.9 Å². The van der Waals surface area contributed by atoms with Gasteiger partial charge in [-0.2, -0.15) is 0 Å². The molecule has 82 valence electrons. The molecule has 0 aliphatic heterocycles. The Labute approximate surface area is 97.0 Å². The third-order valence-corrected chi connectivity index (χ3v) is 2.77. The minimum atomic E-state index is -0.492. The van der Waals surface area contributed by atoms with Crippen molar-refractivity contribution in [1.29, 1.82) is 0 Å². The first kappa shape index (κ1) is 12.2. The van der Waals surface area contributed by atoms with Gasteiger partial charge in [0.25, 0.3) is 5.91 Å². The zero-order chi connectivity index (χ0) is 11.6. The highest BCUT2D eigenvalue weighted by molar-refractivity contribution is 9.10. The fourth-order valence-electron chi connectivity index (χ4n) is 1.16. The lowest BCUT2D eigenvalue weighted by atomic mass is 10.1. The number of hydrogen-bond acceptors (Lipinski definition) is 1. The lowest BCUT2D eigenvalue weighted by Gasteiger charge is -2.10. The molecular formula is C11H13BrFNO. The van der Waals surface area contributed by atoms with Gasteiger partial charge in [0.15, 0.2) is 0 Å². The SMILES string of the molecule is Cc1cc(F)c(C(=O)NC(C)C)cc1Br. The van der Waals surface area contributed by atoms with Crippen molar-refractivity contribution in [2.24, 2.45) is 0 Å². The number of halogens is 2. The average molecular weight is 274 g/mol. The van der Waals surface area contributed by atoms with Crippen LogP contribution < -0.4 is 5.32 Å². The summed E-state index contributed by atoms with van der Waals surface area (Å²) in [7, 11) is 0. The number of rotatable bonds is 2. The number of benzene rings is 1. The van der Waals surface area contributed by atoms with Crippen LogP contribution in [0.15, 0.2) is 16.6 Å². The Hall–Kier alpha value is -0.900. The van der Waals surface area contributed by atoms with Gasteiger partial charge < -0.3 is 5.32 Å². The van der Waals surface area contributed by atoms with Crippen molar-refractivity contribution in [3.05, 3.63) is 33.5 Å². The second kappa shape index (κ2) is 4.75. The van der Waals surface area contributed by atoms with Crippen LogP contribution in [0.5, 0.6) is 0 Å². The molecule has 2 nitrogen and oxygen atoms in total. The van der Waals surface area contributed by atoms with Crippen molar-refractivity contribution >= 4 is 21.8 Å². The summed E-state index contributed by atoms with van der Waals surface area (Å²) in [6.07, 6.45) is 0. The topological polar surface area (TPSA) is 29.1 Å². The lowest BCUT2D eigenvalue weighted by Crippen LogP contribution is -2.30. The molecule has 0 bridgehead atoms. The first-order valence-electron chi connectivity index (χ1n) is 4.68. The largest absolute Gasteiger partial charge is 0.350 e. The molecule has 15 heavy (non-hydrogen) atoms. The Bertz CT molecular complexity index is 390. The molecule has 0 saturated heterocycles. The Morgan fingerprint density at radius 2 is 2.07 bits per heavy atom. The smallest absolute Gasteiger partial charge is 0.254 e. The first-order valence-corrected chi connectivity index (χ1v) is 5.47. The monoisotopic (exact) mass is 273 g/mol. The lowest BCUT2D eigenvalue weighted by molar-refractivity contribution is 0.0939. The summed E-state index contributed by atoms with van der Waals surface area (Å²) < 4.78 is 14.2. The zero-order valence-corrected chi connectivity index (χ0v) is 10.5. The van der Waals surface area contributed by atoms with Crippen LogP contribution in [0.3, 0.4) is 0 Å². The molecule has 0 unspecified atom stereocenters. The van der Waals surface area contributed by atoms with Gasteiger partial charge >= 0.3 is 0 Å². The van der Waals surface area contributed by atoms with Crippen LogP contribution in [0.4, 0.5) is 4.39 Å². The summed E-state index contributed by atoms with van der Waals surface area (Å²) in [6, 6.07) is 2.85. The summed E-state index contributed by atoms with van der Waals surface area (Å²) in [5.74, 6) is -0.878. The number of aryl methyl sites for hydroxylation is 1. The number of amides is 1. The quantitative estimate of drug-likeness (QED) is 0.882. The maximum atomic E-state index is 13.4. The van der Waals surface area contributed by atoms with Gasteiger partial charge in [-0.15, -0.1) is 0 Å². The second-order valence-corrected chi connectivity index (χ2v) is 4.56. The molecule has 0 fully saturated rings. The predicted octanol–water partition coefficient (Wildman–Crippen LogP) is 3.03. The maximum absolute atomic E-state index is 13.4. The Morgan fingerprint density at radius 1 is 1.47 bits per heavy atom. The molecule has 0 aromatic heterocycles. The van der Waals surface area contributed by atoms with Crippen molar-refractivity contribution in [3.63, 3.8) is 0 Å². The van der Waals surface area contributed by atoms with E-state index in [-0.39, 0.29) is 17.5 Å². The van der Waals surface area contributed by atoms with E-state index in [9.17, 15) is 9.18 Å². The molecule has 0 heterocycles. The Balaban J connectivity index is 3.04. The summed E-state index contributed by atoms with van der Waals surface area (Å²) in [4.78, 5) is 11.6. The van der Waals surface area contributed by atoms with Gasteiger partial charge in [-0.05, 0) is 38.5 Å². The zero-order valence-electron chi connectivity index (χ0n) is 8.90. The maximum Gasteiger partial charge on any atom is 0.254 e. The van der Waals surface area contributed by atoms with Crippen molar-refractivity contribution in [3.8, 4) is 0 Å². The van der Waals surface area contributed by atoms with Crippen molar-refractivity contribution in [2.45, 2.75) is 26.8 Å². The fraction of sp³-hybridized carbons (Fsp3) is 0.364. The summed E-state index contributed by atoms with van der Waals surface area (Å²) in [6.45, 7) is 5.44. The second-order valence-electron chi connectivity index (χ2n) is 3.71. The number of hydrogen-bond donors (Lipinski definition) is 1. The van der Waals surface area contributed by atoms with Crippen molar-refractivity contribution < 1.29 is 9.18 Å². The van der Waals surface area contributed by atoms with E-state index in [1.165, 1.54) is 12.1 Å². The van der Waals surface area contributed by atoms with Crippen molar-refractivity contribution in [2.75, 3.05) is 0 Å². The molecule has 0 saturated carbocycles. The van der Waals surface area contributed by atoms with Crippen LogP contribution in [0.1, 0.15) is 29.8 Å². The molecule has 1 amide bonds. The molecule has 0 atom stereocenters. The molecule has 4 heteroatoms. The van der Waals surface area contributed by atoms with Gasteiger partial charge in [0, 0.05) is 10.5 Å². The predicted molar refractivity (Wildman–Crippen MR) is 61.4 cm³/mol. The normalized spacial score (nSPS) is 10.5. The van der Waals surface area contributed by atoms with E-state index in [4.69, 9.17) is 0 Å². The van der Waals surface area contributed by atoms with Crippen molar-refractivity contribution in [1.82, 2.24) is 5.32 Å². The molecule has 0 spiro atoms. The van der Waals surface area contributed by atoms with Gasteiger partial charge in [-0.25, -0.2) is 4.39 Å². The van der Waals surface area contributed by atoms with E-state index in [1.54, 1.807) is 6.92 Å². The van der Waals surface area contributed by atoms with Gasteiger partial charge in [0.05, 0.1) is 5.56 Å². The average Bonchev–Trinajstić information content (AvgIpc) is 2.09. The molecule has 0 aliphatic rings. The highest BCUT2D eigenvalue weighted by Crippen LogP contribution is 2.20. The minimum absolute atomic E-state index is 0.00280. The standard InChI is InChI=1S/C11H13BrFNO/c1-6(2)14-11(15)8-5-9(12)7(3)4-10(8)13/h4-6H,1-3H3,(H,14,15). The minimum Gasteiger partial charge on any atom is -0.350 e. The van der Waals surface area contributed by atoms with Crippen LogP contribution in [0, 0.1) is 12.7 Å². The van der Waals surface area contributed by atoms with E-state index in [0.29, 0.717) is 0 Å². The molecule has 1 aromatic rings. The van der Waals surface area contributed by atoms with E-state index in [2.05, 4.69) is 21.2 Å². The van der Waals surface area contributed by atoms with Crippen LogP contribution in [-0.2, 0) is 0 Å². The van der Waals surface area contributed by atoms with Crippen LogP contribution in [0.25, 0.3) is 0 Å². The highest BCUT2D eigenvalue weighted by atomic mass is 79.9. The van der Waals surface area contributed by atoms with E-state index < -0.39 is 5.82 Å². The third-order valence-electron chi connectivity index (χ3n) is 1.91. The number of carbonyl (C=O) groups is 1. The fourth-order valence-corrected chi connectivity index (χ4v) is 1.50. The van der Waals surface area contributed by atoms with Gasteiger partial charge in [0.1, 0.15) is 5.82 Å². The molecule has 0 aliphatic carbocycles. The van der Waals surface area contributed by atoms with E-state index in [0.717, 1.165) is 10.0 Å². The van der Waals surface area contributed by atoms with E-state index >= 15 is 0 Å². The Kier molecular flexibility index (Phi) is 3.85. The van der Waals surface area contributed by atoms with Gasteiger partial charge in [-0.3, -0.25) is 4.79 Å². The Morgan fingerprint density at radius 3 is 2.60 bits per heavy atom. The van der Waals surface area contributed by atoms with Crippen LogP contribution >= 0.6 is 15.9 Å². The summed E-state index contributed by atoms with van der Waals surface area (Å²) in [5.41, 5.74) is 0.842. The van der Waals surface area contributed by atoms with Crippen LogP contribution in [0.2, 0.25) is 0 Å². The van der Waals surface area contributed by atoms with Gasteiger partial charge in [0.2, 0.25) is 0 Å². The van der Waals surface area contributed by atoms with E-state index in [1.807, 2.05) is 13.8 Å². The molecular weight excluding hydrogens is 261 g/mol. The highest BCUT2D eigenvalue weighted by Gasteiger charge is 2.14. The molecule has 1 aromatic carbocycles. The summed E-state index contributed by atoms with van der Waals surface area (Å²) >= 11 is 3.27. The molecule has 1 N–H and O–H groups in total.